The number of benzene rings is 1. The molecule has 0 amide bonds. The molecule has 1 aliphatic heterocycles. The van der Waals surface area contributed by atoms with Gasteiger partial charge in [-0.15, -0.1) is 0 Å². The van der Waals surface area contributed by atoms with E-state index >= 15 is 0 Å². The minimum Gasteiger partial charge on any atom is -0.390 e. The lowest BCUT2D eigenvalue weighted by Gasteiger charge is -2.23. The van der Waals surface area contributed by atoms with Crippen molar-refractivity contribution in [3.63, 3.8) is 0 Å². The van der Waals surface area contributed by atoms with E-state index in [4.69, 9.17) is 15.0 Å². The molecular weight excluding hydrogens is 446 g/mol. The van der Waals surface area contributed by atoms with E-state index in [0.717, 1.165) is 5.56 Å². The number of rotatable bonds is 7. The molecule has 170 valence electrons. The Bertz CT molecular complexity index is 1210. The highest BCUT2D eigenvalue weighted by Gasteiger charge is 2.76. The molecule has 2 fully saturated rings. The van der Waals surface area contributed by atoms with Crippen molar-refractivity contribution in [3.8, 4) is 0 Å². The lowest BCUT2D eigenvalue weighted by Crippen LogP contribution is -2.34. The van der Waals surface area contributed by atoms with Gasteiger partial charge in [-0.3, -0.25) is 4.52 Å². The zero-order chi connectivity index (χ0) is 22.7. The molecule has 1 saturated heterocycles. The molecule has 3 heterocycles. The molecule has 0 bridgehead atoms. The number of aliphatic hydroxyl groups is 2. The van der Waals surface area contributed by atoms with Crippen LogP contribution in [0.1, 0.15) is 11.6 Å². The Labute approximate surface area is 180 Å². The second kappa shape index (κ2) is 7.52. The first-order valence-electron chi connectivity index (χ1n) is 9.70. The van der Waals surface area contributed by atoms with Crippen molar-refractivity contribution in [2.45, 2.75) is 30.6 Å². The maximum atomic E-state index is 13.6. The largest absolute Gasteiger partial charge is 0.403 e. The molecule has 2 aromatic heterocycles. The number of nitrogens with two attached hydrogens (primary N) is 1. The summed E-state index contributed by atoms with van der Waals surface area (Å²) in [6.07, 6.45) is -2.02. The van der Waals surface area contributed by atoms with Crippen molar-refractivity contribution in [3.05, 3.63) is 48.3 Å². The van der Waals surface area contributed by atoms with Crippen molar-refractivity contribution in [1.82, 2.24) is 24.6 Å². The molecule has 0 radical (unpaired) electrons. The molecule has 6 atom stereocenters. The molecule has 6 N–H and O–H groups in total. The number of aromatic nitrogens is 4. The van der Waals surface area contributed by atoms with Crippen LogP contribution in [-0.4, -0.2) is 59.2 Å². The monoisotopic (exact) mass is 466 g/mol. The van der Waals surface area contributed by atoms with E-state index in [-0.39, 0.29) is 23.5 Å². The van der Waals surface area contributed by atoms with Crippen molar-refractivity contribution in [1.29, 1.82) is 0 Å². The van der Waals surface area contributed by atoms with Gasteiger partial charge in [0.2, 0.25) is 0 Å². The molecule has 3 aromatic rings. The Morgan fingerprint density at radius 3 is 2.78 bits per heavy atom. The molecule has 0 spiro atoms. The van der Waals surface area contributed by atoms with Crippen LogP contribution in [0, 0.1) is 12.0 Å². The number of imidazole rings is 1. The van der Waals surface area contributed by atoms with Crippen LogP contribution in [0.25, 0.3) is 11.2 Å². The number of anilines is 1. The van der Waals surface area contributed by atoms with Crippen molar-refractivity contribution in [2.24, 2.45) is 5.92 Å². The van der Waals surface area contributed by atoms with Gasteiger partial charge in [0.1, 0.15) is 17.7 Å². The van der Waals surface area contributed by atoms with E-state index in [9.17, 15) is 24.1 Å². The number of ether oxygens (including phenoxy) is 1. The molecule has 32 heavy (non-hydrogen) atoms. The number of nitrogens with zero attached hydrogens (tertiary/aromatic N) is 4. The standard InChI is InChI=1S/C18H20FN6O6P/c19-17-23-15(20)12-16(24-17)25(8-21-12)14-11-13(26)10(31-18(11,14)27)7-30-32(28,29)22-6-9-4-2-1-3-5-9/h1-5,8,10-11,13-14,26-27H,6-7H2,(H2,20,23,24)(H2,22,28,29)/t10-,11?,13?,14+,18?/m1/s1. The zero-order valence-electron chi connectivity index (χ0n) is 16.4. The quantitative estimate of drug-likeness (QED) is 0.235. The zero-order valence-corrected chi connectivity index (χ0v) is 17.3. The average Bonchev–Trinajstić information content (AvgIpc) is 3.01. The number of hydrogen-bond acceptors (Lipinski definition) is 9. The van der Waals surface area contributed by atoms with Gasteiger partial charge in [0.25, 0.3) is 0 Å². The SMILES string of the molecule is Nc1nc(F)nc2c1ncn2[C@H]1C2C(O)[C@@H](COP(=O)(O)NCc3ccccc3)OC21O. The fourth-order valence-electron chi connectivity index (χ4n) is 4.11. The van der Waals surface area contributed by atoms with E-state index in [1.54, 1.807) is 24.3 Å². The summed E-state index contributed by atoms with van der Waals surface area (Å²) in [5.41, 5.74) is 6.64. The second-order valence-electron chi connectivity index (χ2n) is 7.71. The van der Waals surface area contributed by atoms with Crippen molar-refractivity contribution >= 4 is 24.7 Å². The van der Waals surface area contributed by atoms with Crippen LogP contribution in [0.2, 0.25) is 0 Å². The van der Waals surface area contributed by atoms with Crippen LogP contribution < -0.4 is 10.8 Å². The minimum atomic E-state index is -4.18. The lowest BCUT2D eigenvalue weighted by atomic mass is 10.1. The summed E-state index contributed by atoms with van der Waals surface area (Å²) in [6, 6.07) is 8.18. The maximum absolute atomic E-state index is 13.6. The fourth-order valence-corrected chi connectivity index (χ4v) is 4.93. The molecule has 12 nitrogen and oxygen atoms in total. The van der Waals surface area contributed by atoms with Gasteiger partial charge in [0, 0.05) is 6.54 Å². The molecule has 1 saturated carbocycles. The smallest absolute Gasteiger partial charge is 0.390 e. The van der Waals surface area contributed by atoms with Gasteiger partial charge in [-0.2, -0.15) is 14.4 Å². The normalized spacial score (nSPS) is 30.9. The topological polar surface area (TPSA) is 178 Å². The Morgan fingerprint density at radius 1 is 1.34 bits per heavy atom. The third-order valence-corrected chi connectivity index (χ3v) is 6.74. The summed E-state index contributed by atoms with van der Waals surface area (Å²) in [5.74, 6) is -2.75. The summed E-state index contributed by atoms with van der Waals surface area (Å²) < 4.78 is 37.8. The first-order chi connectivity index (χ1) is 15.2. The van der Waals surface area contributed by atoms with Gasteiger partial charge in [0.15, 0.2) is 17.3 Å². The highest BCUT2D eigenvalue weighted by atomic mass is 31.2. The predicted molar refractivity (Wildman–Crippen MR) is 107 cm³/mol. The van der Waals surface area contributed by atoms with E-state index < -0.39 is 50.4 Å². The second-order valence-corrected chi connectivity index (χ2v) is 9.32. The van der Waals surface area contributed by atoms with Gasteiger partial charge in [-0.1, -0.05) is 30.3 Å². The van der Waals surface area contributed by atoms with Gasteiger partial charge in [-0.25, -0.2) is 14.6 Å². The molecule has 4 unspecified atom stereocenters. The summed E-state index contributed by atoms with van der Waals surface area (Å²) in [4.78, 5) is 21.1. The number of nitrogens with one attached hydrogen (secondary N) is 1. The van der Waals surface area contributed by atoms with Crippen LogP contribution in [0.5, 0.6) is 0 Å². The first-order valence-corrected chi connectivity index (χ1v) is 11.3. The van der Waals surface area contributed by atoms with Crippen LogP contribution in [-0.2, 0) is 20.4 Å². The van der Waals surface area contributed by atoms with Crippen LogP contribution >= 0.6 is 7.75 Å². The summed E-state index contributed by atoms with van der Waals surface area (Å²) >= 11 is 0. The van der Waals surface area contributed by atoms with Crippen LogP contribution in [0.4, 0.5) is 10.2 Å². The highest BCUT2D eigenvalue weighted by Crippen LogP contribution is 2.63. The minimum absolute atomic E-state index is 0.0522. The molecule has 2 aliphatic rings. The Morgan fingerprint density at radius 2 is 2.09 bits per heavy atom. The van der Waals surface area contributed by atoms with Crippen LogP contribution in [0.3, 0.4) is 0 Å². The van der Waals surface area contributed by atoms with E-state index in [2.05, 4.69) is 20.0 Å². The summed E-state index contributed by atoms with van der Waals surface area (Å²) in [6.45, 7) is -0.330. The predicted octanol–water partition coefficient (Wildman–Crippen LogP) is 0.0736. The highest BCUT2D eigenvalue weighted by molar-refractivity contribution is 7.50. The number of aliphatic hydroxyl groups excluding tert-OH is 1. The number of halogens is 1. The van der Waals surface area contributed by atoms with Gasteiger partial charge < -0.3 is 30.1 Å². The molecule has 1 aliphatic carbocycles. The van der Waals surface area contributed by atoms with Crippen LogP contribution in [0.15, 0.2) is 36.7 Å². The Hall–Kier alpha value is -2.51. The Balaban J connectivity index is 1.23. The first kappa shape index (κ1) is 21.3. The van der Waals surface area contributed by atoms with E-state index in [1.807, 2.05) is 6.07 Å². The maximum Gasteiger partial charge on any atom is 0.403 e. The van der Waals surface area contributed by atoms with Crippen molar-refractivity contribution in [2.75, 3.05) is 12.3 Å². The average molecular weight is 466 g/mol. The van der Waals surface area contributed by atoms with Crippen molar-refractivity contribution < 1.29 is 33.3 Å². The molecule has 5 rings (SSSR count). The van der Waals surface area contributed by atoms with Gasteiger partial charge in [-0.05, 0) is 5.56 Å². The number of fused-ring (bicyclic) bond motifs is 2. The molecule has 1 aromatic carbocycles. The van der Waals surface area contributed by atoms with Gasteiger partial charge in [0.05, 0.1) is 25.0 Å². The number of hydrogen-bond donors (Lipinski definition) is 5. The summed E-state index contributed by atoms with van der Waals surface area (Å²) in [7, 11) is -4.18. The lowest BCUT2D eigenvalue weighted by molar-refractivity contribution is -0.161. The number of nitrogen functional groups attached to an aromatic ring is 1. The molecular formula is C18H20FN6O6P. The third-order valence-electron chi connectivity index (χ3n) is 5.68. The summed E-state index contributed by atoms with van der Waals surface area (Å²) in [5, 5.41) is 23.8. The Kier molecular flexibility index (Phi) is 5.02. The van der Waals surface area contributed by atoms with E-state index in [1.165, 1.54) is 10.9 Å². The molecule has 14 heteroatoms. The van der Waals surface area contributed by atoms with E-state index in [0.29, 0.717) is 0 Å². The fraction of sp³-hybridized carbons (Fsp3) is 0.389. The third kappa shape index (κ3) is 3.57. The van der Waals surface area contributed by atoms with Gasteiger partial charge >= 0.3 is 13.8 Å².